The molecule has 0 bridgehead atoms. The third kappa shape index (κ3) is 26.3. The topological polar surface area (TPSA) is 411 Å². The van der Waals surface area contributed by atoms with Crippen molar-refractivity contribution in [2.24, 2.45) is 5.92 Å². The van der Waals surface area contributed by atoms with E-state index in [1.165, 1.54) is 43.8 Å². The molecule has 1 fully saturated rings. The fourth-order valence-electron chi connectivity index (χ4n) is 10.8. The number of fused-ring (bicyclic) bond motifs is 5. The lowest BCUT2D eigenvalue weighted by Gasteiger charge is -2.32. The Balaban J connectivity index is 0.781. The number of aromatic nitrogens is 4. The van der Waals surface area contributed by atoms with Gasteiger partial charge in [0.25, 0.3) is 5.56 Å². The number of hydrogen-bond acceptors (Lipinski definition) is 25. The molecular formula is C69H96FN11O21S. The molecule has 1 aliphatic carbocycles. The number of hydrogen-bond donors (Lipinski definition) is 8. The number of rotatable bonds is 48. The van der Waals surface area contributed by atoms with Gasteiger partial charge >= 0.3 is 5.97 Å². The summed E-state index contributed by atoms with van der Waals surface area (Å²) < 4.78 is 94.0. The van der Waals surface area contributed by atoms with Crippen molar-refractivity contribution in [1.29, 1.82) is 0 Å². The Labute approximate surface area is 597 Å². The highest BCUT2D eigenvalue weighted by molar-refractivity contribution is 7.90. The quantitative estimate of drug-likeness (QED) is 0.00846. The molecule has 1 saturated carbocycles. The molecule has 6 amide bonds. The number of sulfone groups is 1. The molecule has 8 N–H and O–H groups in total. The van der Waals surface area contributed by atoms with Crippen LogP contribution in [0.1, 0.15) is 106 Å². The molecule has 0 saturated heterocycles. The molecule has 0 spiro atoms. The maximum Gasteiger partial charge on any atom is 0.343 e. The standard InChI is InChI=1S/C69H96FN11O21S/c1-44-33-50-51(52-40-81-58(61(52)80-57(50)35-55(44)70)34-54-53(66(81)88)41-102-67(89)69(54,90)36-48-12-13-48)39-73-60(83)42-101-43-76-62(84)45(2)78-64(86)47(4)79-63(85)46(3)77-59(82)15-14-56(71-16-10-8-7-9-11-49-37-74-68(75-38-49)103(6,91)92)65(87)72-17-18-94-21-22-96-25-26-98-29-30-100-32-31-99-28-27-97-24-23-95-20-19-93-5/h33-35,37-38,45-48,56,71,90H,7-8,10,12-32,36,39-43H2,1-6H3,(H,72,87)(H,73,83)(H,76,84)(H,77,82)(H,78,86)(H,79,85)/t45-,46-,47-,56-,69-/m0/s1. The first-order valence-corrected chi connectivity index (χ1v) is 36.2. The van der Waals surface area contributed by atoms with Gasteiger partial charge in [0.1, 0.15) is 43.9 Å². The van der Waals surface area contributed by atoms with Gasteiger partial charge in [0.2, 0.25) is 50.4 Å². The highest BCUT2D eigenvalue weighted by Gasteiger charge is 2.49. The van der Waals surface area contributed by atoms with Gasteiger partial charge in [-0.3, -0.25) is 33.6 Å². The van der Waals surface area contributed by atoms with Crippen molar-refractivity contribution in [3.05, 3.63) is 80.1 Å². The van der Waals surface area contributed by atoms with E-state index in [0.29, 0.717) is 151 Å². The van der Waals surface area contributed by atoms with E-state index in [1.54, 1.807) is 26.2 Å². The van der Waals surface area contributed by atoms with Gasteiger partial charge in [0.15, 0.2) is 5.60 Å². The number of aliphatic hydroxyl groups is 1. The van der Waals surface area contributed by atoms with Gasteiger partial charge in [0.05, 0.1) is 140 Å². The largest absolute Gasteiger partial charge is 0.458 e. The molecule has 0 radical (unpaired) electrons. The summed E-state index contributed by atoms with van der Waals surface area (Å²) in [4.78, 5) is 119. The van der Waals surface area contributed by atoms with E-state index in [1.807, 2.05) is 0 Å². The van der Waals surface area contributed by atoms with Crippen molar-refractivity contribution in [3.63, 3.8) is 0 Å². The normalized spacial score (nSPS) is 15.7. The second-order valence-electron chi connectivity index (χ2n) is 24.9. The fourth-order valence-corrected chi connectivity index (χ4v) is 11.3. The predicted molar refractivity (Wildman–Crippen MR) is 367 cm³/mol. The first-order valence-electron chi connectivity index (χ1n) is 34.3. The summed E-state index contributed by atoms with van der Waals surface area (Å²) in [6.45, 7) is 11.0. The second-order valence-corrected chi connectivity index (χ2v) is 26.8. The molecule has 5 atom stereocenters. The van der Waals surface area contributed by atoms with Crippen LogP contribution in [0.5, 0.6) is 0 Å². The summed E-state index contributed by atoms with van der Waals surface area (Å²) >= 11 is 0. The highest BCUT2D eigenvalue weighted by Crippen LogP contribution is 2.46. The van der Waals surface area contributed by atoms with Crippen LogP contribution >= 0.6 is 0 Å². The number of methoxy groups -OCH3 is 1. The maximum absolute atomic E-state index is 15.1. The van der Waals surface area contributed by atoms with Crippen LogP contribution in [0.15, 0.2) is 40.5 Å². The van der Waals surface area contributed by atoms with Crippen molar-refractivity contribution in [3.8, 4) is 23.2 Å². The zero-order valence-corrected chi connectivity index (χ0v) is 60.0. The number of esters is 1. The number of unbranched alkanes of at least 4 members (excludes halogenated alkanes) is 2. The van der Waals surface area contributed by atoms with Gasteiger partial charge in [-0.15, -0.1) is 0 Å². The van der Waals surface area contributed by atoms with Crippen LogP contribution in [0, 0.1) is 30.5 Å². The minimum atomic E-state index is -3.56. The summed E-state index contributed by atoms with van der Waals surface area (Å²) in [5, 5.41) is 30.8. The smallest absolute Gasteiger partial charge is 0.343 e. The van der Waals surface area contributed by atoms with Gasteiger partial charge < -0.3 is 94.3 Å². The number of halogens is 1. The number of amides is 6. The van der Waals surface area contributed by atoms with E-state index in [-0.39, 0.29) is 92.3 Å². The molecule has 5 heterocycles. The van der Waals surface area contributed by atoms with Crippen LogP contribution < -0.4 is 42.8 Å². The predicted octanol–water partition coefficient (Wildman–Crippen LogP) is 0.171. The van der Waals surface area contributed by atoms with Crippen LogP contribution in [0.2, 0.25) is 0 Å². The third-order valence-corrected chi connectivity index (χ3v) is 17.5. The van der Waals surface area contributed by atoms with E-state index < -0.39 is 99.8 Å². The number of carbonyl (C=O) groups is 7. The van der Waals surface area contributed by atoms with Crippen molar-refractivity contribution >= 4 is 62.2 Å². The summed E-state index contributed by atoms with van der Waals surface area (Å²) in [5.74, 6) is 0.973. The molecule has 3 aliphatic rings. The van der Waals surface area contributed by atoms with Crippen LogP contribution in [-0.2, 0) is 116 Å². The number of nitrogens with one attached hydrogen (secondary N) is 7. The van der Waals surface area contributed by atoms with Gasteiger partial charge in [-0.05, 0) is 89.1 Å². The molecule has 566 valence electrons. The van der Waals surface area contributed by atoms with Gasteiger partial charge in [-0.25, -0.2) is 32.6 Å². The summed E-state index contributed by atoms with van der Waals surface area (Å²) in [6.07, 6.45) is 7.03. The number of pyridine rings is 2. The Morgan fingerprint density at radius 3 is 1.89 bits per heavy atom. The number of nitrogens with zero attached hydrogens (tertiary/aromatic N) is 4. The highest BCUT2D eigenvalue weighted by atomic mass is 32.2. The lowest BCUT2D eigenvalue weighted by Crippen LogP contribution is -2.54. The fraction of sp³-hybridized carbons (Fsp3) is 0.609. The molecule has 103 heavy (non-hydrogen) atoms. The van der Waals surface area contributed by atoms with Gasteiger partial charge in [-0.1, -0.05) is 24.7 Å². The maximum atomic E-state index is 15.1. The van der Waals surface area contributed by atoms with E-state index in [0.717, 1.165) is 19.1 Å². The lowest BCUT2D eigenvalue weighted by molar-refractivity contribution is -0.173. The van der Waals surface area contributed by atoms with E-state index in [2.05, 4.69) is 59.0 Å². The van der Waals surface area contributed by atoms with E-state index in [4.69, 9.17) is 52.4 Å². The molecule has 32 nitrogen and oxygen atoms in total. The van der Waals surface area contributed by atoms with E-state index in [9.17, 15) is 51.9 Å². The molecular weight excluding hydrogens is 1370 g/mol. The van der Waals surface area contributed by atoms with Crippen molar-refractivity contribution in [1.82, 2.24) is 56.7 Å². The number of ether oxygens (including phenoxy) is 10. The SMILES string of the molecule is COCCOCCOCCOCCOCCOCCOCCOCCNC(=O)[C@H](CCC(=O)N[C@@H](C)C(=O)N[C@@H](C)C(=O)N[C@@H](C)C(=O)NCOCC(=O)NCc1c2c(nc3cc(F)c(C)cc13)-c1cc3c(c(=O)n1C2)COC(=O)[C@]3(O)CC1CC1)NCCCCC#Cc1cnc(S(C)(=O)=O)nc1. The molecule has 1 aromatic carbocycles. The molecule has 2 aliphatic heterocycles. The minimum absolute atomic E-state index is 0.0266. The average Bonchev–Trinajstić information content (AvgIpc) is 1.61. The monoisotopic (exact) mass is 1470 g/mol. The van der Waals surface area contributed by atoms with Crippen LogP contribution in [0.3, 0.4) is 0 Å². The Morgan fingerprint density at radius 1 is 0.718 bits per heavy atom. The number of carbonyl (C=O) groups excluding carboxylic acids is 7. The summed E-state index contributed by atoms with van der Waals surface area (Å²) in [5.41, 5.74) is 0.589. The zero-order valence-electron chi connectivity index (χ0n) is 59.2. The summed E-state index contributed by atoms with van der Waals surface area (Å²) in [7, 11) is -1.94. The Kier molecular flexibility index (Phi) is 33.6. The van der Waals surface area contributed by atoms with Gasteiger partial charge in [-0.2, -0.15) is 0 Å². The third-order valence-electron chi connectivity index (χ3n) is 16.7. The Bertz CT molecular complexity index is 3780. The lowest BCUT2D eigenvalue weighted by atomic mass is 9.84. The van der Waals surface area contributed by atoms with Crippen LogP contribution in [-0.4, -0.2) is 238 Å². The first kappa shape index (κ1) is 82.2. The van der Waals surface area contributed by atoms with Crippen LogP contribution in [0.25, 0.3) is 22.3 Å². The molecule has 7 rings (SSSR count). The number of benzene rings is 1. The van der Waals surface area contributed by atoms with Gasteiger partial charge in [0, 0.05) is 74.3 Å². The van der Waals surface area contributed by atoms with Crippen molar-refractivity contribution < 1.29 is 98.8 Å². The Hall–Kier alpha value is -8.05. The average molecular weight is 1470 g/mol. The van der Waals surface area contributed by atoms with Crippen LogP contribution in [0.4, 0.5) is 4.39 Å². The second kappa shape index (κ2) is 42.0. The minimum Gasteiger partial charge on any atom is -0.458 e. The number of aryl methyl sites for hydroxylation is 1. The Morgan fingerprint density at radius 2 is 1.30 bits per heavy atom. The molecule has 34 heteroatoms. The first-order chi connectivity index (χ1) is 49.5. The van der Waals surface area contributed by atoms with E-state index >= 15 is 4.39 Å². The molecule has 3 aromatic heterocycles. The molecule has 0 unspecified atom stereocenters. The molecule has 4 aromatic rings. The number of cyclic esters (lactones) is 1. The van der Waals surface area contributed by atoms with Crippen molar-refractivity contribution in [2.45, 2.75) is 134 Å². The summed E-state index contributed by atoms with van der Waals surface area (Å²) in [6, 6.07) is 0.201. The zero-order chi connectivity index (χ0) is 74.3. The van der Waals surface area contributed by atoms with Crippen molar-refractivity contribution in [2.75, 3.05) is 139 Å².